The number of ether oxygens (including phenoxy) is 1. The van der Waals surface area contributed by atoms with Gasteiger partial charge in [-0.15, -0.1) is 0 Å². The number of nitrogens with zero attached hydrogens (tertiary/aromatic N) is 4. The molecule has 0 radical (unpaired) electrons. The highest BCUT2D eigenvalue weighted by Crippen LogP contribution is 2.25. The highest BCUT2D eigenvalue weighted by Gasteiger charge is 2.23. The van der Waals surface area contributed by atoms with Crippen LogP contribution in [0.3, 0.4) is 0 Å². The third kappa shape index (κ3) is 3.95. The van der Waals surface area contributed by atoms with E-state index >= 15 is 0 Å². The number of carbonyl (C=O) groups excluding carboxylic acids is 1. The molecule has 3 aromatic rings. The van der Waals surface area contributed by atoms with Gasteiger partial charge < -0.3 is 10.5 Å². The molecular weight excluding hydrogens is 354 g/mol. The molecule has 4 rings (SSSR count). The number of hydrogen-bond acceptors (Lipinski definition) is 5. The number of benzene rings is 1. The van der Waals surface area contributed by atoms with Crippen LogP contribution in [0.5, 0.6) is 0 Å². The minimum atomic E-state index is -0.435. The van der Waals surface area contributed by atoms with Crippen LogP contribution in [-0.2, 0) is 18.3 Å². The van der Waals surface area contributed by atoms with E-state index in [1.54, 1.807) is 12.1 Å². The Balaban J connectivity index is 1.47. The van der Waals surface area contributed by atoms with Gasteiger partial charge >= 0.3 is 0 Å². The summed E-state index contributed by atoms with van der Waals surface area (Å²) >= 11 is 0. The first kappa shape index (κ1) is 18.3. The lowest BCUT2D eigenvalue weighted by molar-refractivity contribution is -0.0356. The second-order valence-corrected chi connectivity index (χ2v) is 6.96. The maximum absolute atomic E-state index is 11.4. The summed E-state index contributed by atoms with van der Waals surface area (Å²) in [4.78, 5) is 18.4. The zero-order chi connectivity index (χ0) is 19.5. The lowest BCUT2D eigenvalue weighted by Gasteiger charge is -2.32. The van der Waals surface area contributed by atoms with Crippen LogP contribution in [0, 0.1) is 0 Å². The van der Waals surface area contributed by atoms with Gasteiger partial charge in [-0.05, 0) is 29.8 Å². The van der Waals surface area contributed by atoms with Gasteiger partial charge in [-0.2, -0.15) is 5.10 Å². The number of nitrogens with two attached hydrogens (primary N) is 1. The number of amides is 1. The van der Waals surface area contributed by atoms with Crippen LogP contribution in [0.2, 0.25) is 0 Å². The van der Waals surface area contributed by atoms with Crippen molar-refractivity contribution in [1.29, 1.82) is 0 Å². The predicted octanol–water partition coefficient (Wildman–Crippen LogP) is 2.15. The number of aromatic nitrogens is 3. The van der Waals surface area contributed by atoms with Crippen molar-refractivity contribution in [3.63, 3.8) is 0 Å². The van der Waals surface area contributed by atoms with E-state index in [0.29, 0.717) is 12.2 Å². The van der Waals surface area contributed by atoms with Crippen LogP contribution < -0.4 is 5.73 Å². The lowest BCUT2D eigenvalue weighted by atomic mass is 10.0. The number of aryl methyl sites for hydroxylation is 1. The van der Waals surface area contributed by atoms with Crippen molar-refractivity contribution < 1.29 is 9.53 Å². The molecule has 1 fully saturated rings. The topological polar surface area (TPSA) is 86.3 Å². The summed E-state index contributed by atoms with van der Waals surface area (Å²) < 4.78 is 7.85. The summed E-state index contributed by atoms with van der Waals surface area (Å²) in [7, 11) is 1.96. The predicted molar refractivity (Wildman–Crippen MR) is 105 cm³/mol. The maximum Gasteiger partial charge on any atom is 0.248 e. The Bertz CT molecular complexity index is 967. The molecule has 0 saturated carbocycles. The number of rotatable bonds is 5. The molecule has 0 unspecified atom stereocenters. The molecule has 0 bridgehead atoms. The minimum absolute atomic E-state index is 0.0621. The van der Waals surface area contributed by atoms with Crippen LogP contribution in [0.1, 0.15) is 27.8 Å². The van der Waals surface area contributed by atoms with Crippen molar-refractivity contribution in [3.8, 4) is 11.1 Å². The first-order valence-electron chi connectivity index (χ1n) is 9.27. The zero-order valence-corrected chi connectivity index (χ0v) is 15.8. The molecule has 2 N–H and O–H groups in total. The molecule has 0 spiro atoms. The maximum atomic E-state index is 11.4. The minimum Gasteiger partial charge on any atom is -0.369 e. The van der Waals surface area contributed by atoms with E-state index in [1.807, 2.05) is 54.5 Å². The molecule has 28 heavy (non-hydrogen) atoms. The van der Waals surface area contributed by atoms with Gasteiger partial charge in [-0.25, -0.2) is 0 Å². The van der Waals surface area contributed by atoms with Gasteiger partial charge in [0.05, 0.1) is 18.0 Å². The summed E-state index contributed by atoms with van der Waals surface area (Å²) in [5.41, 5.74) is 9.80. The van der Waals surface area contributed by atoms with Gasteiger partial charge in [-0.1, -0.05) is 18.2 Å². The summed E-state index contributed by atoms with van der Waals surface area (Å²) in [6.45, 7) is 3.19. The van der Waals surface area contributed by atoms with Gasteiger partial charge in [0.2, 0.25) is 5.91 Å². The van der Waals surface area contributed by atoms with Gasteiger partial charge in [-0.3, -0.25) is 19.4 Å². The molecule has 3 heterocycles. The van der Waals surface area contributed by atoms with Crippen molar-refractivity contribution in [1.82, 2.24) is 19.7 Å². The average Bonchev–Trinajstić information content (AvgIpc) is 3.13. The van der Waals surface area contributed by atoms with E-state index < -0.39 is 5.91 Å². The monoisotopic (exact) mass is 377 g/mol. The second-order valence-electron chi connectivity index (χ2n) is 6.96. The van der Waals surface area contributed by atoms with Gasteiger partial charge in [0, 0.05) is 50.2 Å². The fraction of sp³-hybridized carbons (Fsp3) is 0.286. The Hall–Kier alpha value is -3.03. The van der Waals surface area contributed by atoms with Crippen molar-refractivity contribution in [2.24, 2.45) is 12.8 Å². The molecule has 7 nitrogen and oxygen atoms in total. The fourth-order valence-corrected chi connectivity index (χ4v) is 3.43. The van der Waals surface area contributed by atoms with Crippen molar-refractivity contribution in [3.05, 3.63) is 71.8 Å². The number of morpholine rings is 1. The van der Waals surface area contributed by atoms with E-state index in [-0.39, 0.29) is 6.10 Å². The van der Waals surface area contributed by atoms with Crippen LogP contribution in [0.25, 0.3) is 11.1 Å². The fourth-order valence-electron chi connectivity index (χ4n) is 3.43. The summed E-state index contributed by atoms with van der Waals surface area (Å²) in [5.74, 6) is -0.435. The standard InChI is InChI=1S/C21H23N5O2/c1-25-18(7-8-24-25)13-26-9-10-28-20(14-26)19-6-5-17(12-23-19)15-3-2-4-16(11-15)21(22)27/h2-8,11-12,20H,9-10,13-14H2,1H3,(H2,22,27)/t20-/m0/s1. The van der Waals surface area contributed by atoms with E-state index in [9.17, 15) is 4.79 Å². The SMILES string of the molecule is Cn1nccc1CN1CCO[C@H](c2ccc(-c3cccc(C(N)=O)c3)cn2)C1. The number of carbonyl (C=O) groups is 1. The molecule has 7 heteroatoms. The molecular formula is C21H23N5O2. The number of pyridine rings is 1. The van der Waals surface area contributed by atoms with Crippen LogP contribution in [0.4, 0.5) is 0 Å². The highest BCUT2D eigenvalue weighted by atomic mass is 16.5. The number of hydrogen-bond donors (Lipinski definition) is 1. The Morgan fingerprint density at radius 3 is 2.86 bits per heavy atom. The Morgan fingerprint density at radius 2 is 2.14 bits per heavy atom. The molecule has 1 aliphatic heterocycles. The third-order valence-electron chi connectivity index (χ3n) is 5.06. The normalized spacial score (nSPS) is 17.5. The van der Waals surface area contributed by atoms with E-state index in [2.05, 4.69) is 15.0 Å². The molecule has 1 amide bonds. The van der Waals surface area contributed by atoms with E-state index in [4.69, 9.17) is 10.5 Å². The van der Waals surface area contributed by atoms with Crippen molar-refractivity contribution >= 4 is 5.91 Å². The average molecular weight is 377 g/mol. The summed E-state index contributed by atoms with van der Waals surface area (Å²) in [6, 6.07) is 13.3. The molecule has 1 aromatic carbocycles. The molecule has 1 atom stereocenters. The summed E-state index contributed by atoms with van der Waals surface area (Å²) in [5, 5.41) is 4.23. The summed E-state index contributed by atoms with van der Waals surface area (Å²) in [6.07, 6.45) is 3.58. The van der Waals surface area contributed by atoms with Crippen molar-refractivity contribution in [2.75, 3.05) is 19.7 Å². The van der Waals surface area contributed by atoms with Crippen LogP contribution in [0.15, 0.2) is 54.9 Å². The zero-order valence-electron chi connectivity index (χ0n) is 15.8. The molecule has 1 saturated heterocycles. The number of primary amides is 1. The van der Waals surface area contributed by atoms with Crippen LogP contribution >= 0.6 is 0 Å². The first-order valence-corrected chi connectivity index (χ1v) is 9.27. The van der Waals surface area contributed by atoms with E-state index in [0.717, 1.165) is 36.5 Å². The smallest absolute Gasteiger partial charge is 0.248 e. The van der Waals surface area contributed by atoms with Crippen molar-refractivity contribution in [2.45, 2.75) is 12.6 Å². The molecule has 144 valence electrons. The Morgan fingerprint density at radius 1 is 1.25 bits per heavy atom. The molecule has 1 aliphatic rings. The second kappa shape index (κ2) is 7.92. The lowest BCUT2D eigenvalue weighted by Crippen LogP contribution is -2.38. The third-order valence-corrected chi connectivity index (χ3v) is 5.06. The van der Waals surface area contributed by atoms with Gasteiger partial charge in [0.15, 0.2) is 0 Å². The van der Waals surface area contributed by atoms with Gasteiger partial charge in [0.1, 0.15) is 6.10 Å². The highest BCUT2D eigenvalue weighted by molar-refractivity contribution is 5.94. The molecule has 0 aliphatic carbocycles. The van der Waals surface area contributed by atoms with E-state index in [1.165, 1.54) is 5.69 Å². The Labute approximate surface area is 163 Å². The largest absolute Gasteiger partial charge is 0.369 e. The Kier molecular flexibility index (Phi) is 5.18. The molecule has 2 aromatic heterocycles. The quantitative estimate of drug-likeness (QED) is 0.736. The van der Waals surface area contributed by atoms with Gasteiger partial charge in [0.25, 0.3) is 0 Å². The van der Waals surface area contributed by atoms with Crippen LogP contribution in [-0.4, -0.2) is 45.3 Å². The first-order chi connectivity index (χ1) is 13.6.